The topological polar surface area (TPSA) is 60.7 Å². The molecule has 1 unspecified atom stereocenters. The number of hydrogen-bond donors (Lipinski definition) is 3. The van der Waals surface area contributed by atoms with Crippen LogP contribution >= 0.6 is 0 Å². The number of fused-ring (bicyclic) bond motifs is 1. The first kappa shape index (κ1) is 21.4. The quantitative estimate of drug-likeness (QED) is 0.511. The lowest BCUT2D eigenvalue weighted by Gasteiger charge is -2.57. The summed E-state index contributed by atoms with van der Waals surface area (Å²) in [6.07, 6.45) is 7.90. The molecule has 0 radical (unpaired) electrons. The molecule has 0 aliphatic heterocycles. The molecular formula is C29H33BO3. The van der Waals surface area contributed by atoms with Gasteiger partial charge in [0.15, 0.2) is 0 Å². The van der Waals surface area contributed by atoms with Gasteiger partial charge in [0.25, 0.3) is 0 Å². The van der Waals surface area contributed by atoms with Gasteiger partial charge >= 0.3 is 7.48 Å². The molecular weight excluding hydrogens is 407 g/mol. The summed E-state index contributed by atoms with van der Waals surface area (Å²) < 4.78 is 0. The van der Waals surface area contributed by atoms with E-state index in [1.54, 1.807) is 0 Å². The van der Waals surface area contributed by atoms with Crippen LogP contribution in [-0.2, 0) is 11.8 Å². The Kier molecular flexibility index (Phi) is 5.36. The predicted molar refractivity (Wildman–Crippen MR) is 135 cm³/mol. The Morgan fingerprint density at radius 2 is 1.42 bits per heavy atom. The monoisotopic (exact) mass is 440 g/mol. The molecule has 0 heterocycles. The van der Waals surface area contributed by atoms with Gasteiger partial charge in [0.2, 0.25) is 0 Å². The molecule has 4 saturated carbocycles. The van der Waals surface area contributed by atoms with Crippen LogP contribution < -0.4 is 5.46 Å². The third-order valence-corrected chi connectivity index (χ3v) is 8.81. The Balaban J connectivity index is 1.44. The molecule has 3 aromatic rings. The SMILES string of the molecule is OBc1ccc2cc(-c3ccc(CC(O)CO)c(C45CC6CC(CC(C6)C4)C5)c3)ccc2c1. The lowest BCUT2D eigenvalue weighted by molar-refractivity contribution is -0.00589. The molecule has 0 amide bonds. The molecule has 170 valence electrons. The van der Waals surface area contributed by atoms with Crippen LogP contribution in [0.25, 0.3) is 21.9 Å². The van der Waals surface area contributed by atoms with Gasteiger partial charge in [-0.3, -0.25) is 0 Å². The van der Waals surface area contributed by atoms with E-state index in [9.17, 15) is 15.2 Å². The minimum absolute atomic E-state index is 0.0628. The average molecular weight is 440 g/mol. The minimum atomic E-state index is -0.704. The van der Waals surface area contributed by atoms with Crippen LogP contribution in [0.15, 0.2) is 54.6 Å². The van der Waals surface area contributed by atoms with Crippen LogP contribution in [0.2, 0.25) is 0 Å². The summed E-state index contributed by atoms with van der Waals surface area (Å²) in [4.78, 5) is 0. The summed E-state index contributed by atoms with van der Waals surface area (Å²) in [6, 6.07) is 19.5. The maximum absolute atomic E-state index is 10.3. The van der Waals surface area contributed by atoms with Crippen LogP contribution in [-0.4, -0.2) is 35.4 Å². The number of hydrogen-bond acceptors (Lipinski definition) is 3. The molecule has 3 aromatic carbocycles. The summed E-state index contributed by atoms with van der Waals surface area (Å²) in [5.74, 6) is 2.57. The minimum Gasteiger partial charge on any atom is -0.449 e. The smallest absolute Gasteiger partial charge is 0.304 e. The highest BCUT2D eigenvalue weighted by Crippen LogP contribution is 2.61. The Morgan fingerprint density at radius 1 is 0.818 bits per heavy atom. The van der Waals surface area contributed by atoms with Crippen LogP contribution in [0.5, 0.6) is 0 Å². The largest absolute Gasteiger partial charge is 0.449 e. The van der Waals surface area contributed by atoms with Gasteiger partial charge in [0, 0.05) is 6.42 Å². The summed E-state index contributed by atoms with van der Waals surface area (Å²) in [7, 11) is 0.0628. The van der Waals surface area contributed by atoms with E-state index < -0.39 is 6.10 Å². The van der Waals surface area contributed by atoms with E-state index in [0.717, 1.165) is 28.6 Å². The van der Waals surface area contributed by atoms with E-state index in [4.69, 9.17) is 0 Å². The fourth-order valence-corrected chi connectivity index (χ4v) is 7.76. The molecule has 4 aliphatic carbocycles. The third-order valence-electron chi connectivity index (χ3n) is 8.81. The fraction of sp³-hybridized carbons (Fsp3) is 0.448. The predicted octanol–water partition coefficient (Wildman–Crippen LogP) is 3.84. The molecule has 1 atom stereocenters. The van der Waals surface area contributed by atoms with Crippen molar-refractivity contribution >= 4 is 23.7 Å². The van der Waals surface area contributed by atoms with E-state index in [1.807, 2.05) is 6.07 Å². The van der Waals surface area contributed by atoms with Crippen molar-refractivity contribution in [1.82, 2.24) is 0 Å². The van der Waals surface area contributed by atoms with Crippen molar-refractivity contribution in [2.45, 2.75) is 56.5 Å². The summed E-state index contributed by atoms with van der Waals surface area (Å²) in [5.41, 5.74) is 6.27. The van der Waals surface area contributed by atoms with Crippen molar-refractivity contribution < 1.29 is 15.2 Å². The number of benzene rings is 3. The fourth-order valence-electron chi connectivity index (χ4n) is 7.76. The van der Waals surface area contributed by atoms with Crippen molar-refractivity contribution in [3.05, 3.63) is 65.7 Å². The molecule has 4 fully saturated rings. The Hall–Kier alpha value is -2.14. The second-order valence-electron chi connectivity index (χ2n) is 11.2. The number of aliphatic hydroxyl groups excluding tert-OH is 2. The first-order valence-electron chi connectivity index (χ1n) is 12.6. The zero-order chi connectivity index (χ0) is 22.6. The molecule has 0 aromatic heterocycles. The second kappa shape index (κ2) is 8.27. The molecule has 33 heavy (non-hydrogen) atoms. The number of aliphatic hydroxyl groups is 2. The highest BCUT2D eigenvalue weighted by molar-refractivity contribution is 6.46. The maximum atomic E-state index is 10.3. The first-order valence-corrected chi connectivity index (χ1v) is 12.6. The Morgan fingerprint density at radius 3 is 2.09 bits per heavy atom. The summed E-state index contributed by atoms with van der Waals surface area (Å²) >= 11 is 0. The van der Waals surface area contributed by atoms with E-state index in [-0.39, 0.29) is 19.5 Å². The van der Waals surface area contributed by atoms with E-state index in [2.05, 4.69) is 48.5 Å². The third kappa shape index (κ3) is 3.82. The molecule has 4 bridgehead atoms. The van der Waals surface area contributed by atoms with Gasteiger partial charge in [-0.1, -0.05) is 54.0 Å². The van der Waals surface area contributed by atoms with Gasteiger partial charge in [-0.05, 0) is 101 Å². The van der Waals surface area contributed by atoms with Crippen LogP contribution in [0.4, 0.5) is 0 Å². The molecule has 0 spiro atoms. The van der Waals surface area contributed by atoms with Crippen molar-refractivity contribution in [2.75, 3.05) is 6.61 Å². The molecule has 4 heteroatoms. The zero-order valence-corrected chi connectivity index (χ0v) is 19.2. The van der Waals surface area contributed by atoms with Gasteiger partial charge in [-0.15, -0.1) is 0 Å². The number of rotatable bonds is 6. The summed E-state index contributed by atoms with van der Waals surface area (Å²) in [6.45, 7) is -0.192. The molecule has 3 nitrogen and oxygen atoms in total. The van der Waals surface area contributed by atoms with Gasteiger partial charge in [0.05, 0.1) is 12.7 Å². The molecule has 3 N–H and O–H groups in total. The van der Waals surface area contributed by atoms with Crippen molar-refractivity contribution in [1.29, 1.82) is 0 Å². The van der Waals surface area contributed by atoms with Crippen LogP contribution in [0, 0.1) is 17.8 Å². The zero-order valence-electron chi connectivity index (χ0n) is 19.2. The van der Waals surface area contributed by atoms with E-state index >= 15 is 0 Å². The van der Waals surface area contributed by atoms with Crippen molar-refractivity contribution in [3.8, 4) is 11.1 Å². The van der Waals surface area contributed by atoms with E-state index in [0.29, 0.717) is 6.42 Å². The normalized spacial score (nSPS) is 28.9. The lowest BCUT2D eigenvalue weighted by Crippen LogP contribution is -2.49. The highest BCUT2D eigenvalue weighted by Gasteiger charge is 2.52. The van der Waals surface area contributed by atoms with Gasteiger partial charge in [0.1, 0.15) is 0 Å². The first-order chi connectivity index (χ1) is 16.0. The highest BCUT2D eigenvalue weighted by atomic mass is 16.3. The van der Waals surface area contributed by atoms with Gasteiger partial charge in [-0.2, -0.15) is 0 Å². The van der Waals surface area contributed by atoms with Crippen molar-refractivity contribution in [2.24, 2.45) is 17.8 Å². The summed E-state index contributed by atoms with van der Waals surface area (Å²) in [5, 5.41) is 31.6. The Bertz CT molecular complexity index is 1150. The lowest BCUT2D eigenvalue weighted by atomic mass is 9.47. The molecule has 0 saturated heterocycles. The van der Waals surface area contributed by atoms with E-state index in [1.165, 1.54) is 66.2 Å². The van der Waals surface area contributed by atoms with Gasteiger partial charge in [-0.25, -0.2) is 0 Å². The Labute approximate surface area is 196 Å². The average Bonchev–Trinajstić information content (AvgIpc) is 2.82. The van der Waals surface area contributed by atoms with Crippen LogP contribution in [0.3, 0.4) is 0 Å². The second-order valence-corrected chi connectivity index (χ2v) is 11.2. The van der Waals surface area contributed by atoms with Crippen molar-refractivity contribution in [3.63, 3.8) is 0 Å². The molecule has 4 aliphatic rings. The van der Waals surface area contributed by atoms with Crippen LogP contribution in [0.1, 0.15) is 49.7 Å². The maximum Gasteiger partial charge on any atom is 0.304 e. The standard InChI is InChI=1S/C29H33BO3/c31-17-27(32)12-25-4-3-24(21-1-2-23-11-26(30-33)6-5-22(23)10-21)13-28(25)29-14-18-7-19(15-29)9-20(8-18)16-29/h1-6,10-11,13,18-20,27,30-33H,7-9,12,14-17H2. The van der Waals surface area contributed by atoms with Gasteiger partial charge < -0.3 is 15.2 Å². The molecule has 7 rings (SSSR count).